The maximum atomic E-state index is 11.7. The maximum absolute atomic E-state index is 11.7. The summed E-state index contributed by atoms with van der Waals surface area (Å²) in [7, 11) is -4.18. The fourth-order valence-electron chi connectivity index (χ4n) is 3.34. The van der Waals surface area contributed by atoms with E-state index in [0.29, 0.717) is 18.9 Å². The molecule has 9 heteroatoms. The first-order valence-electron chi connectivity index (χ1n) is 10.6. The number of aliphatic hydroxyl groups excluding tert-OH is 2. The highest BCUT2D eigenvalue weighted by atomic mass is 32.2. The molecule has 4 atom stereocenters. The van der Waals surface area contributed by atoms with Gasteiger partial charge in [0.2, 0.25) is 0 Å². The second-order valence-corrected chi connectivity index (χ2v) is 9.24. The van der Waals surface area contributed by atoms with E-state index in [9.17, 15) is 23.4 Å². The van der Waals surface area contributed by atoms with E-state index in [4.69, 9.17) is 9.29 Å². The molecular weight excluding hydrogens is 398 g/mol. The summed E-state index contributed by atoms with van der Waals surface area (Å²) in [6.07, 6.45) is 11.3. The second-order valence-electron chi connectivity index (χ2n) is 7.67. The molecule has 0 aromatic carbocycles. The van der Waals surface area contributed by atoms with Crippen LogP contribution in [0.15, 0.2) is 12.2 Å². The molecule has 1 amide bonds. The van der Waals surface area contributed by atoms with Crippen LogP contribution in [0, 0.1) is 0 Å². The van der Waals surface area contributed by atoms with Crippen LogP contribution in [0.3, 0.4) is 0 Å². The highest BCUT2D eigenvalue weighted by Gasteiger charge is 2.24. The van der Waals surface area contributed by atoms with Crippen LogP contribution in [0.5, 0.6) is 0 Å². The number of hydrogen-bond donors (Lipinski definition) is 4. The van der Waals surface area contributed by atoms with Crippen molar-refractivity contribution in [1.82, 2.24) is 5.32 Å². The summed E-state index contributed by atoms with van der Waals surface area (Å²) in [4.78, 5) is 11.7. The Morgan fingerprint density at radius 2 is 2.00 bits per heavy atom. The van der Waals surface area contributed by atoms with Crippen molar-refractivity contribution in [2.45, 2.75) is 95.5 Å². The number of ether oxygens (including phenoxy) is 1. The summed E-state index contributed by atoms with van der Waals surface area (Å²) < 4.78 is 35.9. The lowest BCUT2D eigenvalue weighted by atomic mass is 9.99. The largest absolute Gasteiger partial charge is 0.390 e. The van der Waals surface area contributed by atoms with Crippen LogP contribution in [0.25, 0.3) is 0 Å². The summed E-state index contributed by atoms with van der Waals surface area (Å²) in [6.45, 7) is 1.87. The minimum atomic E-state index is -4.18. The van der Waals surface area contributed by atoms with Crippen LogP contribution < -0.4 is 5.32 Å². The van der Waals surface area contributed by atoms with E-state index in [-0.39, 0.29) is 19.1 Å². The van der Waals surface area contributed by atoms with Gasteiger partial charge >= 0.3 is 0 Å². The third kappa shape index (κ3) is 12.3. The lowest BCUT2D eigenvalue weighted by Crippen LogP contribution is -2.43. The van der Waals surface area contributed by atoms with Gasteiger partial charge in [-0.15, -0.1) is 0 Å². The average molecular weight is 436 g/mol. The van der Waals surface area contributed by atoms with Gasteiger partial charge in [0.15, 0.2) is 6.10 Å². The fraction of sp³-hybridized carbons (Fsp3) is 0.850. The first kappa shape index (κ1) is 26.0. The highest BCUT2D eigenvalue weighted by molar-refractivity contribution is 7.85. The fourth-order valence-corrected chi connectivity index (χ4v) is 3.70. The van der Waals surface area contributed by atoms with E-state index in [1.807, 2.05) is 6.08 Å². The van der Waals surface area contributed by atoms with Gasteiger partial charge in [-0.25, -0.2) is 0 Å². The predicted molar refractivity (Wildman–Crippen MR) is 111 cm³/mol. The van der Waals surface area contributed by atoms with Gasteiger partial charge in [-0.1, -0.05) is 38.3 Å². The molecule has 0 spiro atoms. The molecule has 1 rings (SSSR count). The minimum Gasteiger partial charge on any atom is -0.390 e. The van der Waals surface area contributed by atoms with Gasteiger partial charge in [-0.3, -0.25) is 9.35 Å². The molecule has 0 aliphatic carbocycles. The Bertz CT molecular complexity index is 594. The lowest BCUT2D eigenvalue weighted by Gasteiger charge is -2.28. The van der Waals surface area contributed by atoms with Gasteiger partial charge in [0, 0.05) is 6.54 Å². The number of hydrogen-bond acceptors (Lipinski definition) is 6. The third-order valence-corrected chi connectivity index (χ3v) is 5.75. The smallest absolute Gasteiger partial charge is 0.266 e. The summed E-state index contributed by atoms with van der Waals surface area (Å²) >= 11 is 0. The summed E-state index contributed by atoms with van der Waals surface area (Å²) in [5.41, 5.74) is 0. The summed E-state index contributed by atoms with van der Waals surface area (Å²) in [5, 5.41) is 21.9. The van der Waals surface area contributed by atoms with Gasteiger partial charge in [0.25, 0.3) is 16.0 Å². The molecule has 1 fully saturated rings. The normalized spacial score (nSPS) is 22.5. The number of rotatable bonds is 14. The highest BCUT2D eigenvalue weighted by Crippen LogP contribution is 2.24. The van der Waals surface area contributed by atoms with E-state index in [1.54, 1.807) is 0 Å². The number of amides is 1. The standard InChI is InChI=1S/C20H37NO7S/c1-2-3-5-9-16-11-8-12-17(28-16)10-6-4-7-13-18(22)19(23)20(24)21-14-15-29(25,26)27/h6,10,16-19,22-23H,2-5,7-9,11-15H2,1H3,(H,21,24)(H,25,26,27). The van der Waals surface area contributed by atoms with Gasteiger partial charge in [-0.2, -0.15) is 8.42 Å². The van der Waals surface area contributed by atoms with Gasteiger partial charge in [0.05, 0.1) is 24.1 Å². The number of aliphatic hydroxyl groups is 2. The molecule has 0 saturated carbocycles. The zero-order valence-electron chi connectivity index (χ0n) is 17.3. The second kappa shape index (κ2) is 14.1. The topological polar surface area (TPSA) is 133 Å². The van der Waals surface area contributed by atoms with Crippen molar-refractivity contribution in [3.8, 4) is 0 Å². The Hall–Kier alpha value is -1.00. The Morgan fingerprint density at radius 1 is 1.24 bits per heavy atom. The number of allylic oxidation sites excluding steroid dienone is 1. The van der Waals surface area contributed by atoms with Gasteiger partial charge in [-0.05, 0) is 44.9 Å². The molecule has 8 nitrogen and oxygen atoms in total. The molecular formula is C20H37NO7S. The Labute approximate surface area is 174 Å². The Balaban J connectivity index is 2.21. The first-order valence-corrected chi connectivity index (χ1v) is 12.2. The van der Waals surface area contributed by atoms with Crippen molar-refractivity contribution in [2.24, 2.45) is 0 Å². The molecule has 1 saturated heterocycles. The quantitative estimate of drug-likeness (QED) is 0.186. The minimum absolute atomic E-state index is 0.138. The van der Waals surface area contributed by atoms with Crippen molar-refractivity contribution in [2.75, 3.05) is 12.3 Å². The van der Waals surface area contributed by atoms with E-state index in [1.165, 1.54) is 25.7 Å². The SMILES string of the molecule is CCCCCC1CCCC(C=CCCCC(O)C(O)C(=O)NCCS(=O)(=O)O)O1. The molecule has 0 aromatic heterocycles. The molecule has 0 radical (unpaired) electrons. The third-order valence-electron chi connectivity index (χ3n) is 5.03. The summed E-state index contributed by atoms with van der Waals surface area (Å²) in [5.74, 6) is -1.50. The van der Waals surface area contributed by atoms with Gasteiger partial charge < -0.3 is 20.3 Å². The zero-order chi connectivity index (χ0) is 21.7. The van der Waals surface area contributed by atoms with Crippen LogP contribution in [0.2, 0.25) is 0 Å². The first-order chi connectivity index (χ1) is 13.7. The Morgan fingerprint density at radius 3 is 2.69 bits per heavy atom. The molecule has 29 heavy (non-hydrogen) atoms. The van der Waals surface area contributed by atoms with Gasteiger partial charge in [0.1, 0.15) is 0 Å². The van der Waals surface area contributed by atoms with Crippen molar-refractivity contribution in [1.29, 1.82) is 0 Å². The van der Waals surface area contributed by atoms with E-state index in [2.05, 4.69) is 18.3 Å². The van der Waals surface area contributed by atoms with E-state index < -0.39 is 34.0 Å². The molecule has 1 aliphatic heterocycles. The lowest BCUT2D eigenvalue weighted by molar-refractivity contribution is -0.135. The molecule has 4 unspecified atom stereocenters. The molecule has 1 heterocycles. The molecule has 4 N–H and O–H groups in total. The zero-order valence-corrected chi connectivity index (χ0v) is 18.1. The van der Waals surface area contributed by atoms with E-state index in [0.717, 1.165) is 19.3 Å². The van der Waals surface area contributed by atoms with Crippen molar-refractivity contribution in [3.05, 3.63) is 12.2 Å². The monoisotopic (exact) mass is 435 g/mol. The molecule has 170 valence electrons. The number of carbonyl (C=O) groups excluding carboxylic acids is 1. The van der Waals surface area contributed by atoms with Crippen LogP contribution in [-0.2, 0) is 19.6 Å². The van der Waals surface area contributed by atoms with Crippen LogP contribution in [0.4, 0.5) is 0 Å². The van der Waals surface area contributed by atoms with Crippen molar-refractivity contribution in [3.63, 3.8) is 0 Å². The van der Waals surface area contributed by atoms with E-state index >= 15 is 0 Å². The Kier molecular flexibility index (Phi) is 12.6. The average Bonchev–Trinajstić information content (AvgIpc) is 2.66. The molecule has 0 aromatic rings. The maximum Gasteiger partial charge on any atom is 0.266 e. The number of carbonyl (C=O) groups is 1. The predicted octanol–water partition coefficient (Wildman–Crippen LogP) is 1.96. The number of unbranched alkanes of at least 4 members (excludes halogenated alkanes) is 3. The van der Waals surface area contributed by atoms with Crippen molar-refractivity contribution >= 4 is 16.0 Å². The van der Waals surface area contributed by atoms with Crippen LogP contribution >= 0.6 is 0 Å². The molecule has 0 bridgehead atoms. The number of nitrogens with one attached hydrogen (secondary N) is 1. The van der Waals surface area contributed by atoms with Crippen LogP contribution in [-0.4, -0.2) is 65.8 Å². The van der Waals surface area contributed by atoms with Crippen molar-refractivity contribution < 1.29 is 32.7 Å². The van der Waals surface area contributed by atoms with Crippen LogP contribution in [0.1, 0.15) is 71.1 Å². The molecule has 1 aliphatic rings. The summed E-state index contributed by atoms with van der Waals surface area (Å²) in [6, 6.07) is 0.